The van der Waals surface area contributed by atoms with E-state index in [0.717, 1.165) is 0 Å². The highest BCUT2D eigenvalue weighted by atomic mass is 35.5. The molecular formula is C14H18ClFN2O3. The van der Waals surface area contributed by atoms with Crippen LogP contribution in [-0.4, -0.2) is 29.6 Å². The third kappa shape index (κ3) is 5.69. The number of carbonyl (C=O) groups is 2. The Labute approximate surface area is 127 Å². The van der Waals surface area contributed by atoms with Crippen molar-refractivity contribution >= 4 is 29.1 Å². The predicted molar refractivity (Wildman–Crippen MR) is 78.5 cm³/mol. The van der Waals surface area contributed by atoms with Crippen molar-refractivity contribution in [1.29, 1.82) is 0 Å². The number of aliphatic hydroxyl groups is 1. The molecule has 1 aromatic carbocycles. The Morgan fingerprint density at radius 2 is 2.00 bits per heavy atom. The van der Waals surface area contributed by atoms with Crippen LogP contribution in [0.5, 0.6) is 0 Å². The van der Waals surface area contributed by atoms with Gasteiger partial charge in [-0.15, -0.1) is 0 Å². The standard InChI is InChI=1S/C14H18ClFN2O3/c1-8(2)6-9(19)7-17-13(20)14(21)18-11-5-3-4-10(15)12(11)16/h3-5,8-9,19H,6-7H2,1-2H3,(H,17,20)(H,18,21). The highest BCUT2D eigenvalue weighted by Crippen LogP contribution is 2.21. The molecule has 0 aliphatic carbocycles. The maximum Gasteiger partial charge on any atom is 0.313 e. The number of rotatable bonds is 5. The van der Waals surface area contributed by atoms with E-state index in [0.29, 0.717) is 6.42 Å². The van der Waals surface area contributed by atoms with Crippen LogP contribution in [0.4, 0.5) is 10.1 Å². The second kappa shape index (κ2) is 7.95. The zero-order valence-corrected chi connectivity index (χ0v) is 12.6. The van der Waals surface area contributed by atoms with Crippen molar-refractivity contribution in [3.8, 4) is 0 Å². The van der Waals surface area contributed by atoms with Crippen molar-refractivity contribution in [3.63, 3.8) is 0 Å². The maximum atomic E-state index is 13.6. The van der Waals surface area contributed by atoms with Crippen LogP contribution in [0, 0.1) is 11.7 Å². The first-order valence-corrected chi connectivity index (χ1v) is 6.90. The molecule has 0 aliphatic heterocycles. The Kier molecular flexibility index (Phi) is 6.58. The molecule has 0 aromatic heterocycles. The summed E-state index contributed by atoms with van der Waals surface area (Å²) in [6.07, 6.45) is -0.227. The lowest BCUT2D eigenvalue weighted by Crippen LogP contribution is -2.40. The maximum absolute atomic E-state index is 13.6. The fourth-order valence-corrected chi connectivity index (χ4v) is 1.87. The first-order valence-electron chi connectivity index (χ1n) is 6.52. The van der Waals surface area contributed by atoms with Gasteiger partial charge in [-0.3, -0.25) is 9.59 Å². The molecule has 0 bridgehead atoms. The number of anilines is 1. The topological polar surface area (TPSA) is 78.4 Å². The van der Waals surface area contributed by atoms with Crippen LogP contribution in [0.15, 0.2) is 18.2 Å². The first kappa shape index (κ1) is 17.4. The summed E-state index contributed by atoms with van der Waals surface area (Å²) in [5, 5.41) is 13.9. The summed E-state index contributed by atoms with van der Waals surface area (Å²) in [6, 6.07) is 4.07. The number of hydrogen-bond donors (Lipinski definition) is 3. The molecule has 1 aromatic rings. The number of hydrogen-bond acceptors (Lipinski definition) is 3. The Morgan fingerprint density at radius 3 is 2.62 bits per heavy atom. The van der Waals surface area contributed by atoms with E-state index < -0.39 is 23.7 Å². The van der Waals surface area contributed by atoms with Gasteiger partial charge in [-0.25, -0.2) is 4.39 Å². The van der Waals surface area contributed by atoms with E-state index >= 15 is 0 Å². The molecular weight excluding hydrogens is 299 g/mol. The molecule has 1 atom stereocenters. The Hall–Kier alpha value is -1.66. The smallest absolute Gasteiger partial charge is 0.313 e. The fraction of sp³-hybridized carbons (Fsp3) is 0.429. The van der Waals surface area contributed by atoms with Gasteiger partial charge in [0.2, 0.25) is 0 Å². The molecule has 3 N–H and O–H groups in total. The third-order valence-electron chi connectivity index (χ3n) is 2.65. The molecule has 21 heavy (non-hydrogen) atoms. The Morgan fingerprint density at radius 1 is 1.33 bits per heavy atom. The van der Waals surface area contributed by atoms with Gasteiger partial charge in [0, 0.05) is 6.54 Å². The van der Waals surface area contributed by atoms with Crippen molar-refractivity contribution in [3.05, 3.63) is 29.0 Å². The average Bonchev–Trinajstić information content (AvgIpc) is 2.40. The van der Waals surface area contributed by atoms with Gasteiger partial charge in [0.05, 0.1) is 16.8 Å². The molecule has 0 saturated heterocycles. The zero-order chi connectivity index (χ0) is 16.0. The minimum absolute atomic E-state index is 0.0392. The summed E-state index contributed by atoms with van der Waals surface area (Å²) in [7, 11) is 0. The first-order chi connectivity index (χ1) is 9.81. The van der Waals surface area contributed by atoms with E-state index in [4.69, 9.17) is 11.6 Å². The summed E-state index contributed by atoms with van der Waals surface area (Å²) < 4.78 is 13.6. The Balaban J connectivity index is 2.52. The van der Waals surface area contributed by atoms with E-state index in [9.17, 15) is 19.1 Å². The molecule has 0 heterocycles. The summed E-state index contributed by atoms with van der Waals surface area (Å²) in [5.41, 5.74) is -0.176. The quantitative estimate of drug-likeness (QED) is 0.726. The van der Waals surface area contributed by atoms with E-state index in [1.165, 1.54) is 18.2 Å². The van der Waals surface area contributed by atoms with E-state index in [-0.39, 0.29) is 23.2 Å². The van der Waals surface area contributed by atoms with Gasteiger partial charge in [0.15, 0.2) is 5.82 Å². The number of benzene rings is 1. The van der Waals surface area contributed by atoms with E-state index in [1.807, 2.05) is 13.8 Å². The van der Waals surface area contributed by atoms with Gasteiger partial charge in [-0.05, 0) is 24.5 Å². The number of nitrogens with one attached hydrogen (secondary N) is 2. The van der Waals surface area contributed by atoms with Crippen LogP contribution in [0.2, 0.25) is 5.02 Å². The lowest BCUT2D eigenvalue weighted by Gasteiger charge is -2.13. The van der Waals surface area contributed by atoms with Gasteiger partial charge >= 0.3 is 11.8 Å². The van der Waals surface area contributed by atoms with Crippen molar-refractivity contribution < 1.29 is 19.1 Å². The second-order valence-electron chi connectivity index (χ2n) is 5.05. The van der Waals surface area contributed by atoms with Crippen LogP contribution in [-0.2, 0) is 9.59 Å². The largest absolute Gasteiger partial charge is 0.391 e. The van der Waals surface area contributed by atoms with Gasteiger partial charge in [0.25, 0.3) is 0 Å². The molecule has 1 rings (SSSR count). The van der Waals surface area contributed by atoms with Gasteiger partial charge in [-0.2, -0.15) is 0 Å². The molecule has 0 fully saturated rings. The highest BCUT2D eigenvalue weighted by molar-refractivity contribution is 6.39. The molecule has 5 nitrogen and oxygen atoms in total. The Bertz CT molecular complexity index is 523. The third-order valence-corrected chi connectivity index (χ3v) is 2.94. The normalized spacial score (nSPS) is 12.1. The van der Waals surface area contributed by atoms with Gasteiger partial charge in [0.1, 0.15) is 0 Å². The minimum Gasteiger partial charge on any atom is -0.391 e. The molecule has 7 heteroatoms. The summed E-state index contributed by atoms with van der Waals surface area (Å²) in [4.78, 5) is 23.1. The lowest BCUT2D eigenvalue weighted by molar-refractivity contribution is -0.136. The van der Waals surface area contributed by atoms with Crippen LogP contribution < -0.4 is 10.6 Å². The fourth-order valence-electron chi connectivity index (χ4n) is 1.70. The molecule has 116 valence electrons. The number of halogens is 2. The number of amides is 2. The second-order valence-corrected chi connectivity index (χ2v) is 5.46. The van der Waals surface area contributed by atoms with Crippen LogP contribution in [0.25, 0.3) is 0 Å². The van der Waals surface area contributed by atoms with Crippen LogP contribution >= 0.6 is 11.6 Å². The van der Waals surface area contributed by atoms with Crippen molar-refractivity contribution in [2.75, 3.05) is 11.9 Å². The van der Waals surface area contributed by atoms with Crippen molar-refractivity contribution in [2.45, 2.75) is 26.4 Å². The summed E-state index contributed by atoms with van der Waals surface area (Å²) in [6.45, 7) is 3.82. The molecule has 0 aliphatic rings. The minimum atomic E-state index is -1.02. The molecule has 2 amide bonds. The van der Waals surface area contributed by atoms with E-state index in [1.54, 1.807) is 0 Å². The van der Waals surface area contributed by atoms with E-state index in [2.05, 4.69) is 10.6 Å². The monoisotopic (exact) mass is 316 g/mol. The van der Waals surface area contributed by atoms with Crippen molar-refractivity contribution in [1.82, 2.24) is 5.32 Å². The highest BCUT2D eigenvalue weighted by Gasteiger charge is 2.17. The van der Waals surface area contributed by atoms with Crippen molar-refractivity contribution in [2.24, 2.45) is 5.92 Å². The number of carbonyl (C=O) groups excluding carboxylic acids is 2. The molecule has 1 unspecified atom stereocenters. The summed E-state index contributed by atoms with van der Waals surface area (Å²) >= 11 is 5.57. The lowest BCUT2D eigenvalue weighted by atomic mass is 10.1. The van der Waals surface area contributed by atoms with Crippen LogP contribution in [0.1, 0.15) is 20.3 Å². The predicted octanol–water partition coefficient (Wildman–Crippen LogP) is 1.94. The average molecular weight is 317 g/mol. The zero-order valence-electron chi connectivity index (χ0n) is 11.8. The molecule has 0 saturated carbocycles. The van der Waals surface area contributed by atoms with Gasteiger partial charge in [-0.1, -0.05) is 31.5 Å². The molecule has 0 radical (unpaired) electrons. The molecule has 0 spiro atoms. The number of aliphatic hydroxyl groups excluding tert-OH is 1. The summed E-state index contributed by atoms with van der Waals surface area (Å²) in [5.74, 6) is -2.50. The van der Waals surface area contributed by atoms with Crippen LogP contribution in [0.3, 0.4) is 0 Å². The SMILES string of the molecule is CC(C)CC(O)CNC(=O)C(=O)Nc1cccc(Cl)c1F. The van der Waals surface area contributed by atoms with Gasteiger partial charge < -0.3 is 15.7 Å².